The maximum Gasteiger partial charge on any atom is 0.0808 e. The summed E-state index contributed by atoms with van der Waals surface area (Å²) in [7, 11) is 0. The largest absolute Gasteiger partial charge is 0.374 e. The van der Waals surface area contributed by atoms with Gasteiger partial charge in [0.1, 0.15) is 0 Å². The molecule has 21 heavy (non-hydrogen) atoms. The van der Waals surface area contributed by atoms with Gasteiger partial charge >= 0.3 is 0 Å². The number of ether oxygens (including phenoxy) is 1. The van der Waals surface area contributed by atoms with Crippen molar-refractivity contribution in [2.45, 2.75) is 82.4 Å². The number of nitrogens with two attached hydrogens (primary N) is 1. The van der Waals surface area contributed by atoms with Crippen molar-refractivity contribution in [2.24, 2.45) is 5.73 Å². The van der Waals surface area contributed by atoms with Gasteiger partial charge in [0.15, 0.2) is 0 Å². The number of hydrogen-bond acceptors (Lipinski definition) is 3. The van der Waals surface area contributed by atoms with E-state index in [2.05, 4.69) is 23.9 Å². The number of aromatic nitrogens is 2. The van der Waals surface area contributed by atoms with Crippen LogP contribution in [0.25, 0.3) is 0 Å². The minimum absolute atomic E-state index is 0.0347. The van der Waals surface area contributed by atoms with Crippen molar-refractivity contribution in [3.63, 3.8) is 0 Å². The Morgan fingerprint density at radius 2 is 2.14 bits per heavy atom. The van der Waals surface area contributed by atoms with Crippen LogP contribution in [0.3, 0.4) is 0 Å². The Balaban J connectivity index is 1.61. The van der Waals surface area contributed by atoms with E-state index >= 15 is 0 Å². The Labute approximate surface area is 128 Å². The van der Waals surface area contributed by atoms with E-state index < -0.39 is 0 Å². The second kappa shape index (κ2) is 6.49. The zero-order chi connectivity index (χ0) is 14.7. The molecule has 2 heterocycles. The highest BCUT2D eigenvalue weighted by molar-refractivity contribution is 5.05. The highest BCUT2D eigenvalue weighted by Crippen LogP contribution is 2.30. The zero-order valence-electron chi connectivity index (χ0n) is 13.3. The fourth-order valence-corrected chi connectivity index (χ4v) is 3.72. The molecule has 0 aromatic carbocycles. The van der Waals surface area contributed by atoms with Crippen molar-refractivity contribution in [2.75, 3.05) is 6.61 Å². The maximum atomic E-state index is 6.43. The van der Waals surface area contributed by atoms with Crippen LogP contribution in [0.15, 0.2) is 12.3 Å². The Kier molecular flexibility index (Phi) is 4.65. The second-order valence-corrected chi connectivity index (χ2v) is 7.01. The van der Waals surface area contributed by atoms with Crippen molar-refractivity contribution < 1.29 is 4.74 Å². The molecule has 1 saturated heterocycles. The number of nitrogens with zero attached hydrogens (tertiary/aromatic N) is 2. The molecule has 1 saturated carbocycles. The predicted octanol–water partition coefficient (Wildman–Crippen LogP) is 3.22. The van der Waals surface area contributed by atoms with Crippen LogP contribution < -0.4 is 5.73 Å². The van der Waals surface area contributed by atoms with Crippen LogP contribution in [0.1, 0.15) is 70.0 Å². The molecule has 2 fully saturated rings. The van der Waals surface area contributed by atoms with Gasteiger partial charge in [-0.2, -0.15) is 5.10 Å². The Hall–Kier alpha value is -0.870. The lowest BCUT2D eigenvalue weighted by Crippen LogP contribution is -2.50. The molecule has 0 bridgehead atoms. The van der Waals surface area contributed by atoms with Gasteiger partial charge in [0.05, 0.1) is 17.3 Å². The molecule has 118 valence electrons. The fraction of sp³-hybridized carbons (Fsp3) is 0.824. The summed E-state index contributed by atoms with van der Waals surface area (Å²) in [5.74, 6) is 0. The molecule has 1 aliphatic heterocycles. The van der Waals surface area contributed by atoms with Gasteiger partial charge in [0.2, 0.25) is 0 Å². The van der Waals surface area contributed by atoms with Crippen molar-refractivity contribution in [3.05, 3.63) is 18.0 Å². The minimum atomic E-state index is -0.174. The van der Waals surface area contributed by atoms with Crippen molar-refractivity contribution in [3.8, 4) is 0 Å². The lowest BCUT2D eigenvalue weighted by Gasteiger charge is -2.38. The lowest BCUT2D eigenvalue weighted by molar-refractivity contribution is -0.0810. The molecule has 2 aliphatic rings. The summed E-state index contributed by atoms with van der Waals surface area (Å²) in [6.07, 6.45) is 13.0. The van der Waals surface area contributed by atoms with E-state index in [4.69, 9.17) is 15.6 Å². The van der Waals surface area contributed by atoms with Gasteiger partial charge in [-0.3, -0.25) is 4.68 Å². The number of rotatable bonds is 4. The minimum Gasteiger partial charge on any atom is -0.374 e. The molecular formula is C17H29N3O. The standard InChI is InChI=1S/C17H29N3O/c1-17(10-5-6-12-21-17)16(18)13-14-9-11-20(19-14)15-7-3-2-4-8-15/h9,11,15-16H,2-8,10,12-13,18H2,1H3. The molecule has 0 spiro atoms. The SMILES string of the molecule is CC1(C(N)Cc2ccn(C3CCCCC3)n2)CCCCO1. The van der Waals surface area contributed by atoms with Crippen LogP contribution in [0.4, 0.5) is 0 Å². The zero-order valence-corrected chi connectivity index (χ0v) is 13.3. The molecule has 0 amide bonds. The molecule has 1 aromatic rings. The quantitative estimate of drug-likeness (QED) is 0.926. The Morgan fingerprint density at radius 3 is 2.86 bits per heavy atom. The molecule has 1 aromatic heterocycles. The van der Waals surface area contributed by atoms with E-state index in [9.17, 15) is 0 Å². The Bertz CT molecular complexity index is 445. The van der Waals surface area contributed by atoms with E-state index in [1.54, 1.807) is 0 Å². The molecule has 0 radical (unpaired) electrons. The van der Waals surface area contributed by atoms with E-state index in [0.29, 0.717) is 6.04 Å². The van der Waals surface area contributed by atoms with Gasteiger partial charge in [0.25, 0.3) is 0 Å². The molecule has 1 aliphatic carbocycles. The summed E-state index contributed by atoms with van der Waals surface area (Å²) in [6.45, 7) is 3.01. The van der Waals surface area contributed by atoms with E-state index in [-0.39, 0.29) is 11.6 Å². The topological polar surface area (TPSA) is 53.1 Å². The Morgan fingerprint density at radius 1 is 1.33 bits per heavy atom. The van der Waals surface area contributed by atoms with Crippen LogP contribution in [0.2, 0.25) is 0 Å². The summed E-state index contributed by atoms with van der Waals surface area (Å²) in [5, 5.41) is 4.78. The smallest absolute Gasteiger partial charge is 0.0808 e. The third-order valence-corrected chi connectivity index (χ3v) is 5.33. The molecule has 2 unspecified atom stereocenters. The summed E-state index contributed by atoms with van der Waals surface area (Å²) < 4.78 is 8.13. The highest BCUT2D eigenvalue weighted by atomic mass is 16.5. The van der Waals surface area contributed by atoms with Gasteiger partial charge in [-0.15, -0.1) is 0 Å². The maximum absolute atomic E-state index is 6.43. The van der Waals surface area contributed by atoms with Gasteiger partial charge < -0.3 is 10.5 Å². The van der Waals surface area contributed by atoms with Gasteiger partial charge in [0, 0.05) is 25.3 Å². The van der Waals surface area contributed by atoms with Gasteiger partial charge in [-0.25, -0.2) is 0 Å². The monoisotopic (exact) mass is 291 g/mol. The van der Waals surface area contributed by atoms with E-state index in [1.165, 1.54) is 44.9 Å². The van der Waals surface area contributed by atoms with E-state index in [1.807, 2.05) is 0 Å². The van der Waals surface area contributed by atoms with Crippen molar-refractivity contribution >= 4 is 0 Å². The molecule has 4 nitrogen and oxygen atoms in total. The molecule has 2 N–H and O–H groups in total. The molecule has 4 heteroatoms. The van der Waals surface area contributed by atoms with Gasteiger partial charge in [-0.05, 0) is 45.1 Å². The van der Waals surface area contributed by atoms with Crippen LogP contribution >= 0.6 is 0 Å². The second-order valence-electron chi connectivity index (χ2n) is 7.01. The van der Waals surface area contributed by atoms with Crippen molar-refractivity contribution in [1.29, 1.82) is 0 Å². The van der Waals surface area contributed by atoms with E-state index in [0.717, 1.165) is 25.1 Å². The number of hydrogen-bond donors (Lipinski definition) is 1. The third kappa shape index (κ3) is 3.49. The average molecular weight is 291 g/mol. The average Bonchev–Trinajstić information content (AvgIpc) is 2.97. The summed E-state index contributed by atoms with van der Waals surface area (Å²) in [5.41, 5.74) is 7.37. The first-order chi connectivity index (χ1) is 10.2. The summed E-state index contributed by atoms with van der Waals surface area (Å²) >= 11 is 0. The first-order valence-electron chi connectivity index (χ1n) is 8.61. The summed E-state index contributed by atoms with van der Waals surface area (Å²) in [6, 6.07) is 2.78. The highest BCUT2D eigenvalue weighted by Gasteiger charge is 2.34. The predicted molar refractivity (Wildman–Crippen MR) is 84.2 cm³/mol. The van der Waals surface area contributed by atoms with Gasteiger partial charge in [-0.1, -0.05) is 19.3 Å². The van der Waals surface area contributed by atoms with Crippen LogP contribution in [-0.2, 0) is 11.2 Å². The van der Waals surface area contributed by atoms with Crippen molar-refractivity contribution in [1.82, 2.24) is 9.78 Å². The fourth-order valence-electron chi connectivity index (χ4n) is 3.72. The normalized spacial score (nSPS) is 29.4. The summed E-state index contributed by atoms with van der Waals surface area (Å²) in [4.78, 5) is 0. The molecular weight excluding hydrogens is 262 g/mol. The van der Waals surface area contributed by atoms with Crippen LogP contribution in [0.5, 0.6) is 0 Å². The third-order valence-electron chi connectivity index (χ3n) is 5.33. The lowest BCUT2D eigenvalue weighted by atomic mass is 9.86. The first kappa shape index (κ1) is 15.0. The van der Waals surface area contributed by atoms with Crippen LogP contribution in [-0.4, -0.2) is 28.0 Å². The van der Waals surface area contributed by atoms with Crippen LogP contribution in [0, 0.1) is 0 Å². The molecule has 3 rings (SSSR count). The first-order valence-corrected chi connectivity index (χ1v) is 8.61. The molecule has 2 atom stereocenters.